The highest BCUT2D eigenvalue weighted by Crippen LogP contribution is 2.30. The van der Waals surface area contributed by atoms with Crippen LogP contribution < -0.4 is 0 Å². The average Bonchev–Trinajstić information content (AvgIpc) is 2.62. The second kappa shape index (κ2) is 4.08. The Bertz CT molecular complexity index is 503. The monoisotopic (exact) mass is 259 g/mol. The number of aromatic nitrogens is 2. The topological polar surface area (TPSA) is 86.3 Å². The summed E-state index contributed by atoms with van der Waals surface area (Å²) in [5, 5.41) is 10.1. The average molecular weight is 259 g/mol. The predicted molar refractivity (Wildman–Crippen MR) is 61.9 cm³/mol. The summed E-state index contributed by atoms with van der Waals surface area (Å²) in [5.41, 5.74) is -0.850. The lowest BCUT2D eigenvalue weighted by Crippen LogP contribution is -2.63. The van der Waals surface area contributed by atoms with E-state index < -0.39 is 15.6 Å². The minimum atomic E-state index is -3.52. The number of hydrogen-bond acceptors (Lipinski definition) is 4. The molecule has 0 spiro atoms. The van der Waals surface area contributed by atoms with Crippen LogP contribution in [-0.2, 0) is 10.0 Å². The number of nitrogens with one attached hydrogen (secondary N) is 1. The summed E-state index contributed by atoms with van der Waals surface area (Å²) in [6.07, 6.45) is 2.77. The maximum absolute atomic E-state index is 12.1. The number of β-amino-alcohol motifs (C(OH)–C–C–N with tert-alkyl or cyclic N) is 1. The van der Waals surface area contributed by atoms with E-state index in [0.29, 0.717) is 12.2 Å². The maximum atomic E-state index is 12.1. The smallest absolute Gasteiger partial charge is 0.260 e. The molecule has 2 N–H and O–H groups in total. The van der Waals surface area contributed by atoms with Crippen LogP contribution in [-0.4, -0.2) is 46.5 Å². The summed E-state index contributed by atoms with van der Waals surface area (Å²) in [7, 11) is -3.52. The molecule has 0 radical (unpaired) electrons. The summed E-state index contributed by atoms with van der Waals surface area (Å²) >= 11 is 0. The second-order valence-corrected chi connectivity index (χ2v) is 6.49. The van der Waals surface area contributed by atoms with Crippen LogP contribution in [0.15, 0.2) is 11.2 Å². The number of sulfonamides is 1. The van der Waals surface area contributed by atoms with Gasteiger partial charge in [-0.05, 0) is 13.3 Å². The zero-order chi connectivity index (χ0) is 12.7. The molecule has 0 atom stereocenters. The van der Waals surface area contributed by atoms with Gasteiger partial charge in [-0.1, -0.05) is 13.3 Å². The minimum absolute atomic E-state index is 0.0912. The van der Waals surface area contributed by atoms with E-state index >= 15 is 0 Å². The lowest BCUT2D eigenvalue weighted by atomic mass is 9.92. The lowest BCUT2D eigenvalue weighted by Gasteiger charge is -2.45. The molecule has 0 unspecified atom stereocenters. The molecule has 1 aliphatic rings. The normalized spacial score (nSPS) is 20.2. The SMILES string of the molecule is CCCC1(O)CN(S(=O)(=O)c2cnc(C)[nH]2)C1. The molecule has 17 heavy (non-hydrogen) atoms. The fraction of sp³-hybridized carbons (Fsp3) is 0.700. The lowest BCUT2D eigenvalue weighted by molar-refractivity contribution is -0.0654. The number of nitrogens with zero attached hydrogens (tertiary/aromatic N) is 2. The van der Waals surface area contributed by atoms with E-state index in [-0.39, 0.29) is 18.1 Å². The van der Waals surface area contributed by atoms with Gasteiger partial charge in [-0.15, -0.1) is 0 Å². The summed E-state index contributed by atoms with van der Waals surface area (Å²) < 4.78 is 25.4. The molecule has 0 aromatic carbocycles. The predicted octanol–water partition coefficient (Wildman–Crippen LogP) is 0.254. The van der Waals surface area contributed by atoms with Gasteiger partial charge < -0.3 is 10.1 Å². The quantitative estimate of drug-likeness (QED) is 0.811. The number of aryl methyl sites for hydroxylation is 1. The molecule has 96 valence electrons. The van der Waals surface area contributed by atoms with Gasteiger partial charge in [-0.3, -0.25) is 0 Å². The molecular weight excluding hydrogens is 242 g/mol. The van der Waals surface area contributed by atoms with E-state index in [1.54, 1.807) is 6.92 Å². The Morgan fingerprint density at radius 1 is 1.59 bits per heavy atom. The Labute approximate surface area is 101 Å². The van der Waals surface area contributed by atoms with E-state index in [0.717, 1.165) is 6.42 Å². The first-order chi connectivity index (χ1) is 7.87. The van der Waals surface area contributed by atoms with Crippen molar-refractivity contribution in [2.24, 2.45) is 0 Å². The minimum Gasteiger partial charge on any atom is -0.387 e. The van der Waals surface area contributed by atoms with Gasteiger partial charge in [0.05, 0.1) is 11.8 Å². The number of hydrogen-bond donors (Lipinski definition) is 2. The highest BCUT2D eigenvalue weighted by molar-refractivity contribution is 7.89. The highest BCUT2D eigenvalue weighted by atomic mass is 32.2. The molecule has 7 heteroatoms. The van der Waals surface area contributed by atoms with Gasteiger partial charge in [0.1, 0.15) is 5.82 Å². The van der Waals surface area contributed by atoms with Gasteiger partial charge in [0.2, 0.25) is 0 Å². The highest BCUT2D eigenvalue weighted by Gasteiger charge is 2.46. The molecule has 1 saturated heterocycles. The first-order valence-corrected chi connectivity index (χ1v) is 7.05. The van der Waals surface area contributed by atoms with Crippen molar-refractivity contribution in [1.29, 1.82) is 0 Å². The standard InChI is InChI=1S/C10H17N3O3S/c1-3-4-10(14)6-13(7-10)17(15,16)9-5-11-8(2)12-9/h5,14H,3-4,6-7H2,1-2H3,(H,11,12). The molecule has 1 aromatic rings. The van der Waals surface area contributed by atoms with Crippen LogP contribution in [0.5, 0.6) is 0 Å². The molecule has 0 aliphatic carbocycles. The fourth-order valence-electron chi connectivity index (χ4n) is 2.07. The van der Waals surface area contributed by atoms with Crippen LogP contribution in [0.25, 0.3) is 0 Å². The van der Waals surface area contributed by atoms with Crippen molar-refractivity contribution >= 4 is 10.0 Å². The van der Waals surface area contributed by atoms with E-state index in [1.165, 1.54) is 10.5 Å². The summed E-state index contributed by atoms with van der Waals surface area (Å²) in [6.45, 7) is 4.00. The second-order valence-electron chi connectivity index (χ2n) is 4.58. The largest absolute Gasteiger partial charge is 0.387 e. The third-order valence-corrected chi connectivity index (χ3v) is 4.66. The van der Waals surface area contributed by atoms with Crippen LogP contribution in [0.4, 0.5) is 0 Å². The Balaban J connectivity index is 2.11. The van der Waals surface area contributed by atoms with Crippen molar-refractivity contribution in [3.05, 3.63) is 12.0 Å². The molecular formula is C10H17N3O3S. The number of rotatable bonds is 4. The van der Waals surface area contributed by atoms with Crippen molar-refractivity contribution in [2.45, 2.75) is 37.3 Å². The van der Waals surface area contributed by atoms with E-state index in [2.05, 4.69) is 9.97 Å². The van der Waals surface area contributed by atoms with E-state index in [9.17, 15) is 13.5 Å². The number of H-pyrrole nitrogens is 1. The zero-order valence-corrected chi connectivity index (χ0v) is 10.8. The molecule has 6 nitrogen and oxygen atoms in total. The van der Waals surface area contributed by atoms with Crippen molar-refractivity contribution in [1.82, 2.24) is 14.3 Å². The van der Waals surface area contributed by atoms with Gasteiger partial charge in [0, 0.05) is 13.1 Å². The van der Waals surface area contributed by atoms with Gasteiger partial charge in [0.25, 0.3) is 10.0 Å². The molecule has 1 fully saturated rings. The third-order valence-electron chi connectivity index (χ3n) is 2.95. The van der Waals surface area contributed by atoms with Crippen molar-refractivity contribution in [3.8, 4) is 0 Å². The fourth-order valence-corrected chi connectivity index (χ4v) is 3.63. The Kier molecular flexibility index (Phi) is 3.01. The molecule has 1 aromatic heterocycles. The van der Waals surface area contributed by atoms with Gasteiger partial charge >= 0.3 is 0 Å². The van der Waals surface area contributed by atoms with Crippen LogP contribution >= 0.6 is 0 Å². The van der Waals surface area contributed by atoms with Crippen molar-refractivity contribution in [2.75, 3.05) is 13.1 Å². The summed E-state index contributed by atoms with van der Waals surface area (Å²) in [6, 6.07) is 0. The third kappa shape index (κ3) is 2.22. The zero-order valence-electron chi connectivity index (χ0n) is 9.97. The van der Waals surface area contributed by atoms with E-state index in [4.69, 9.17) is 0 Å². The molecule has 0 amide bonds. The van der Waals surface area contributed by atoms with Gasteiger partial charge in [0.15, 0.2) is 5.03 Å². The number of aliphatic hydroxyl groups is 1. The Morgan fingerprint density at radius 2 is 2.24 bits per heavy atom. The van der Waals surface area contributed by atoms with E-state index in [1.807, 2.05) is 6.92 Å². The summed E-state index contributed by atoms with van der Waals surface area (Å²) in [5.74, 6) is 0.563. The van der Waals surface area contributed by atoms with Crippen LogP contribution in [0.2, 0.25) is 0 Å². The van der Waals surface area contributed by atoms with Gasteiger partial charge in [-0.25, -0.2) is 13.4 Å². The molecule has 2 heterocycles. The maximum Gasteiger partial charge on any atom is 0.260 e. The molecule has 2 rings (SSSR count). The Hall–Kier alpha value is -0.920. The molecule has 1 aliphatic heterocycles. The number of aromatic amines is 1. The van der Waals surface area contributed by atoms with Crippen molar-refractivity contribution in [3.63, 3.8) is 0 Å². The van der Waals surface area contributed by atoms with Gasteiger partial charge in [-0.2, -0.15) is 4.31 Å². The number of imidazole rings is 1. The van der Waals surface area contributed by atoms with Crippen LogP contribution in [0.1, 0.15) is 25.6 Å². The van der Waals surface area contributed by atoms with Crippen LogP contribution in [0.3, 0.4) is 0 Å². The molecule has 0 saturated carbocycles. The first-order valence-electron chi connectivity index (χ1n) is 5.61. The first kappa shape index (κ1) is 12.5. The van der Waals surface area contributed by atoms with Crippen molar-refractivity contribution < 1.29 is 13.5 Å². The Morgan fingerprint density at radius 3 is 2.71 bits per heavy atom. The summed E-state index contributed by atoms with van der Waals surface area (Å²) in [4.78, 5) is 6.57. The van der Waals surface area contributed by atoms with Crippen LogP contribution in [0, 0.1) is 6.92 Å². The molecule has 0 bridgehead atoms.